The Labute approximate surface area is 170 Å². The molecule has 1 aliphatic heterocycles. The number of carbonyl (C=O) groups excluding carboxylic acids is 2. The van der Waals surface area contributed by atoms with E-state index in [1.54, 1.807) is 26.0 Å². The van der Waals surface area contributed by atoms with E-state index in [1.807, 2.05) is 6.07 Å². The van der Waals surface area contributed by atoms with Gasteiger partial charge in [-0.3, -0.25) is 4.79 Å². The highest BCUT2D eigenvalue weighted by molar-refractivity contribution is 9.10. The molecule has 0 aromatic heterocycles. The molecule has 0 saturated carbocycles. The molecule has 1 aromatic carbocycles. The molecule has 1 heterocycles. The Bertz CT molecular complexity index is 790. The second kappa shape index (κ2) is 7.43. The van der Waals surface area contributed by atoms with Gasteiger partial charge in [-0.05, 0) is 46.2 Å². The maximum absolute atomic E-state index is 12.7. The second-order valence-electron chi connectivity index (χ2n) is 8.64. The van der Waals surface area contributed by atoms with Gasteiger partial charge in [0.15, 0.2) is 5.78 Å². The topological polar surface area (TPSA) is 61.8 Å². The largest absolute Gasteiger partial charge is 0.543 e. The van der Waals surface area contributed by atoms with Gasteiger partial charge in [0.1, 0.15) is 11.5 Å². The Hall–Kier alpha value is -1.60. The number of carbonyl (C=O) groups is 2. The first-order valence-electron chi connectivity index (χ1n) is 8.84. The first-order valence-corrected chi connectivity index (χ1v) is 12.5. The van der Waals surface area contributed by atoms with Crippen LogP contribution in [-0.2, 0) is 14.3 Å². The molecule has 0 amide bonds. The predicted octanol–water partition coefficient (Wildman–Crippen LogP) is 5.60. The summed E-state index contributed by atoms with van der Waals surface area (Å²) in [5, 5.41) is 0.0408. The number of ketones is 1. The van der Waals surface area contributed by atoms with Crippen LogP contribution in [0.15, 0.2) is 34.5 Å². The summed E-state index contributed by atoms with van der Waals surface area (Å²) in [5.74, 6) is -0.773. The zero-order chi connectivity index (χ0) is 20.6. The summed E-state index contributed by atoms with van der Waals surface area (Å²) in [6, 6.07) is 5.29. The molecule has 27 heavy (non-hydrogen) atoms. The highest BCUT2D eigenvalue weighted by atomic mass is 79.9. The van der Waals surface area contributed by atoms with Gasteiger partial charge in [-0.25, -0.2) is 4.79 Å². The van der Waals surface area contributed by atoms with E-state index in [-0.39, 0.29) is 17.2 Å². The molecule has 0 atom stereocenters. The van der Waals surface area contributed by atoms with Crippen molar-refractivity contribution in [2.45, 2.75) is 65.0 Å². The number of esters is 1. The van der Waals surface area contributed by atoms with E-state index in [2.05, 4.69) is 49.8 Å². The summed E-state index contributed by atoms with van der Waals surface area (Å²) in [6.07, 6.45) is 1.20. The Morgan fingerprint density at radius 3 is 2.41 bits per heavy atom. The Morgan fingerprint density at radius 1 is 1.22 bits per heavy atom. The third-order valence-corrected chi connectivity index (χ3v) is 9.76. The van der Waals surface area contributed by atoms with Crippen molar-refractivity contribution in [3.63, 3.8) is 0 Å². The highest BCUT2D eigenvalue weighted by Crippen LogP contribution is 2.39. The lowest BCUT2D eigenvalue weighted by atomic mass is 10.1. The summed E-state index contributed by atoms with van der Waals surface area (Å²) in [4.78, 5) is 24.4. The van der Waals surface area contributed by atoms with Crippen LogP contribution in [0.2, 0.25) is 18.1 Å². The lowest BCUT2D eigenvalue weighted by molar-refractivity contribution is -0.205. The van der Waals surface area contributed by atoms with Gasteiger partial charge in [0.05, 0.1) is 17.0 Å². The van der Waals surface area contributed by atoms with E-state index in [9.17, 15) is 9.59 Å². The van der Waals surface area contributed by atoms with Crippen molar-refractivity contribution in [2.24, 2.45) is 0 Å². The molecule has 148 valence electrons. The number of cyclic esters (lactones) is 1. The van der Waals surface area contributed by atoms with Crippen molar-refractivity contribution in [2.75, 3.05) is 0 Å². The summed E-state index contributed by atoms with van der Waals surface area (Å²) in [6.45, 7) is 14.1. The second-order valence-corrected chi connectivity index (χ2v) is 14.2. The smallest absolute Gasteiger partial charge is 0.337 e. The van der Waals surface area contributed by atoms with Crippen LogP contribution in [0, 0.1) is 0 Å². The molecule has 0 unspecified atom stereocenters. The van der Waals surface area contributed by atoms with E-state index in [0.29, 0.717) is 17.1 Å². The van der Waals surface area contributed by atoms with Crippen LogP contribution in [0.25, 0.3) is 0 Å². The summed E-state index contributed by atoms with van der Waals surface area (Å²) in [7, 11) is -2.04. The first kappa shape index (κ1) is 21.7. The third-order valence-electron chi connectivity index (χ3n) is 4.76. The van der Waals surface area contributed by atoms with Crippen molar-refractivity contribution in [3.8, 4) is 5.75 Å². The number of halogens is 1. The quantitative estimate of drug-likeness (QED) is 0.329. The fourth-order valence-electron chi connectivity index (χ4n) is 2.30. The lowest BCUT2D eigenvalue weighted by Gasteiger charge is -2.36. The first-order chi connectivity index (χ1) is 12.2. The SMILES string of the molecule is CC1(C)OC(=O)C=C(CC(=O)c2ccc(Br)c(O[Si](C)(C)C(C)(C)C)c2)O1. The molecular formula is C20H27BrO5Si. The maximum Gasteiger partial charge on any atom is 0.337 e. The van der Waals surface area contributed by atoms with Gasteiger partial charge >= 0.3 is 5.97 Å². The molecule has 1 aromatic rings. The standard InChI is InChI=1S/C20H27BrO5Si/c1-19(2,3)27(6,7)26-17-10-13(8-9-15(17)21)16(22)11-14-12-18(23)25-20(4,5)24-14/h8-10,12H,11H2,1-7H3. The molecular weight excluding hydrogens is 428 g/mol. The minimum absolute atomic E-state index is 0.0142. The number of ether oxygens (including phenoxy) is 2. The molecule has 5 nitrogen and oxygen atoms in total. The fourth-order valence-corrected chi connectivity index (χ4v) is 3.80. The van der Waals surface area contributed by atoms with Gasteiger partial charge < -0.3 is 13.9 Å². The molecule has 7 heteroatoms. The van der Waals surface area contributed by atoms with E-state index < -0.39 is 20.1 Å². The minimum Gasteiger partial charge on any atom is -0.543 e. The lowest BCUT2D eigenvalue weighted by Crippen LogP contribution is -2.44. The summed E-state index contributed by atoms with van der Waals surface area (Å²) < 4.78 is 17.8. The summed E-state index contributed by atoms with van der Waals surface area (Å²) in [5.41, 5.74) is 0.508. The maximum atomic E-state index is 12.7. The van der Waals surface area contributed by atoms with Gasteiger partial charge in [0.2, 0.25) is 5.79 Å². The Morgan fingerprint density at radius 2 is 1.85 bits per heavy atom. The highest BCUT2D eigenvalue weighted by Gasteiger charge is 2.39. The molecule has 0 fully saturated rings. The van der Waals surface area contributed by atoms with Crippen LogP contribution >= 0.6 is 15.9 Å². The van der Waals surface area contributed by atoms with Crippen molar-refractivity contribution < 1.29 is 23.5 Å². The van der Waals surface area contributed by atoms with Gasteiger partial charge in [-0.1, -0.05) is 26.8 Å². The van der Waals surface area contributed by atoms with Crippen molar-refractivity contribution >= 4 is 36.0 Å². The van der Waals surface area contributed by atoms with Crippen LogP contribution in [0.5, 0.6) is 5.75 Å². The third kappa shape index (κ3) is 5.45. The van der Waals surface area contributed by atoms with Crippen molar-refractivity contribution in [3.05, 3.63) is 40.1 Å². The van der Waals surface area contributed by atoms with Crippen LogP contribution in [-0.4, -0.2) is 25.9 Å². The molecule has 2 rings (SSSR count). The molecule has 0 radical (unpaired) electrons. The van der Waals surface area contributed by atoms with Crippen molar-refractivity contribution in [1.29, 1.82) is 0 Å². The van der Waals surface area contributed by atoms with Crippen LogP contribution in [0.4, 0.5) is 0 Å². The molecule has 1 aliphatic rings. The minimum atomic E-state index is -2.04. The van der Waals surface area contributed by atoms with Crippen LogP contribution in [0.3, 0.4) is 0 Å². The fraction of sp³-hybridized carbons (Fsp3) is 0.500. The Kier molecular flexibility index (Phi) is 5.97. The summed E-state index contributed by atoms with van der Waals surface area (Å²) >= 11 is 3.51. The number of allylic oxidation sites excluding steroid dienone is 1. The molecule has 0 aliphatic carbocycles. The zero-order valence-corrected chi connectivity index (χ0v) is 19.5. The van der Waals surface area contributed by atoms with Crippen LogP contribution in [0.1, 0.15) is 51.4 Å². The van der Waals surface area contributed by atoms with E-state index >= 15 is 0 Å². The van der Waals surface area contributed by atoms with Gasteiger partial charge in [0, 0.05) is 19.4 Å². The number of rotatable bonds is 5. The molecule has 0 saturated heterocycles. The van der Waals surface area contributed by atoms with E-state index in [4.69, 9.17) is 13.9 Å². The van der Waals surface area contributed by atoms with Gasteiger partial charge in [0.25, 0.3) is 8.32 Å². The molecule has 0 bridgehead atoms. The number of Topliss-reactive ketones (excluding diaryl/α,β-unsaturated/α-hetero) is 1. The average Bonchev–Trinajstić information content (AvgIpc) is 2.45. The average molecular weight is 455 g/mol. The predicted molar refractivity (Wildman–Crippen MR) is 110 cm³/mol. The van der Waals surface area contributed by atoms with Crippen molar-refractivity contribution in [1.82, 2.24) is 0 Å². The Balaban J connectivity index is 2.22. The number of hydrogen-bond donors (Lipinski definition) is 0. The normalized spacial score (nSPS) is 16.9. The molecule has 0 spiro atoms. The van der Waals surface area contributed by atoms with E-state index in [1.165, 1.54) is 6.08 Å². The number of benzene rings is 1. The van der Waals surface area contributed by atoms with Gasteiger partial charge in [-0.2, -0.15) is 0 Å². The number of hydrogen-bond acceptors (Lipinski definition) is 5. The van der Waals surface area contributed by atoms with Crippen LogP contribution < -0.4 is 4.43 Å². The monoisotopic (exact) mass is 454 g/mol. The zero-order valence-electron chi connectivity index (χ0n) is 16.9. The van der Waals surface area contributed by atoms with Gasteiger partial charge in [-0.15, -0.1) is 0 Å². The molecule has 0 N–H and O–H groups in total. The van der Waals surface area contributed by atoms with E-state index in [0.717, 1.165) is 4.47 Å².